The number of nitrogens with zero attached hydrogens (tertiary/aromatic N) is 4. The molecule has 2 heterocycles. The van der Waals surface area contributed by atoms with Gasteiger partial charge < -0.3 is 9.26 Å². The summed E-state index contributed by atoms with van der Waals surface area (Å²) in [5, 5.41) is 11.4. The number of H-pyrrole nitrogens is 1. The summed E-state index contributed by atoms with van der Waals surface area (Å²) in [7, 11) is 1.64. The molecule has 0 aliphatic heterocycles. The van der Waals surface area contributed by atoms with Gasteiger partial charge in [-0.05, 0) is 31.2 Å². The third-order valence-electron chi connectivity index (χ3n) is 2.72. The van der Waals surface area contributed by atoms with Crippen LogP contribution in [0.4, 0.5) is 0 Å². The molecule has 0 amide bonds. The van der Waals surface area contributed by atoms with E-state index < -0.39 is 0 Å². The summed E-state index contributed by atoms with van der Waals surface area (Å²) in [6.45, 7) is 1.78. The Morgan fingerprint density at radius 1 is 1.24 bits per heavy atom. The van der Waals surface area contributed by atoms with Crippen molar-refractivity contribution in [1.29, 1.82) is 0 Å². The fourth-order valence-corrected chi connectivity index (χ4v) is 2.35. The van der Waals surface area contributed by atoms with Gasteiger partial charge in [0.1, 0.15) is 5.75 Å². The van der Waals surface area contributed by atoms with Crippen molar-refractivity contribution in [2.75, 3.05) is 7.11 Å². The Morgan fingerprint density at radius 3 is 2.71 bits per heavy atom. The molecule has 108 valence electrons. The first kappa shape index (κ1) is 13.6. The van der Waals surface area contributed by atoms with Gasteiger partial charge in [0.2, 0.25) is 11.0 Å². The van der Waals surface area contributed by atoms with Crippen molar-refractivity contribution in [3.63, 3.8) is 0 Å². The highest BCUT2D eigenvalue weighted by Crippen LogP contribution is 2.23. The number of hydrogen-bond donors (Lipinski definition) is 1. The van der Waals surface area contributed by atoms with Crippen molar-refractivity contribution in [2.45, 2.75) is 17.8 Å². The number of aromatic nitrogens is 5. The van der Waals surface area contributed by atoms with Crippen LogP contribution in [0.2, 0.25) is 0 Å². The van der Waals surface area contributed by atoms with Crippen LogP contribution >= 0.6 is 11.8 Å². The van der Waals surface area contributed by atoms with E-state index in [-0.39, 0.29) is 0 Å². The molecule has 0 saturated carbocycles. The van der Waals surface area contributed by atoms with Crippen LogP contribution in [0.3, 0.4) is 0 Å². The number of aryl methyl sites for hydroxylation is 1. The Balaban J connectivity index is 1.67. The van der Waals surface area contributed by atoms with E-state index in [1.54, 1.807) is 14.0 Å². The second kappa shape index (κ2) is 5.96. The van der Waals surface area contributed by atoms with Crippen molar-refractivity contribution < 1.29 is 9.26 Å². The number of rotatable bonds is 5. The van der Waals surface area contributed by atoms with Crippen molar-refractivity contribution in [1.82, 2.24) is 25.3 Å². The zero-order valence-corrected chi connectivity index (χ0v) is 12.3. The number of nitrogens with one attached hydrogen (secondary N) is 1. The maximum Gasteiger partial charge on any atom is 0.237 e. The van der Waals surface area contributed by atoms with Crippen molar-refractivity contribution in [2.24, 2.45) is 0 Å². The second-order valence-corrected chi connectivity index (χ2v) is 5.16. The largest absolute Gasteiger partial charge is 0.497 e. The zero-order valence-electron chi connectivity index (χ0n) is 11.5. The molecule has 1 N–H and O–H groups in total. The quantitative estimate of drug-likeness (QED) is 0.724. The summed E-state index contributed by atoms with van der Waals surface area (Å²) in [6.07, 6.45) is 0. The molecule has 2 aromatic heterocycles. The molecule has 0 unspecified atom stereocenters. The van der Waals surface area contributed by atoms with E-state index in [0.29, 0.717) is 28.4 Å². The Kier molecular flexibility index (Phi) is 3.87. The van der Waals surface area contributed by atoms with Crippen molar-refractivity contribution in [3.8, 4) is 17.1 Å². The number of thioether (sulfide) groups is 1. The van der Waals surface area contributed by atoms with Crippen LogP contribution in [0.25, 0.3) is 11.4 Å². The summed E-state index contributed by atoms with van der Waals surface area (Å²) in [5.41, 5.74) is 0.948. The van der Waals surface area contributed by atoms with E-state index >= 15 is 0 Å². The van der Waals surface area contributed by atoms with Gasteiger partial charge in [0.25, 0.3) is 0 Å². The molecule has 0 fully saturated rings. The van der Waals surface area contributed by atoms with Crippen LogP contribution in [-0.2, 0) is 5.75 Å². The second-order valence-electron chi connectivity index (χ2n) is 4.22. The third kappa shape index (κ3) is 3.22. The molecular formula is C13H13N5O2S. The molecule has 0 bridgehead atoms. The highest BCUT2D eigenvalue weighted by atomic mass is 32.2. The first-order chi connectivity index (χ1) is 10.2. The van der Waals surface area contributed by atoms with E-state index in [0.717, 1.165) is 11.3 Å². The van der Waals surface area contributed by atoms with Crippen LogP contribution in [0.15, 0.2) is 33.9 Å². The summed E-state index contributed by atoms with van der Waals surface area (Å²) >= 11 is 1.44. The molecule has 3 rings (SSSR count). The lowest BCUT2D eigenvalue weighted by Gasteiger charge is -1.99. The summed E-state index contributed by atoms with van der Waals surface area (Å²) in [6, 6.07) is 7.61. The van der Waals surface area contributed by atoms with Crippen LogP contribution in [0.1, 0.15) is 11.7 Å². The molecular weight excluding hydrogens is 290 g/mol. The monoisotopic (exact) mass is 303 g/mol. The maximum atomic E-state index is 5.13. The van der Waals surface area contributed by atoms with E-state index in [1.807, 2.05) is 24.3 Å². The molecule has 21 heavy (non-hydrogen) atoms. The normalized spacial score (nSPS) is 10.8. The third-order valence-corrected chi connectivity index (χ3v) is 3.55. The SMILES string of the molecule is COc1ccc(-c2nc(SCc3nc(C)no3)n[nH]2)cc1. The first-order valence-electron chi connectivity index (χ1n) is 6.23. The van der Waals surface area contributed by atoms with Crippen LogP contribution < -0.4 is 4.74 Å². The van der Waals surface area contributed by atoms with Gasteiger partial charge in [-0.3, -0.25) is 5.10 Å². The lowest BCUT2D eigenvalue weighted by atomic mass is 10.2. The average molecular weight is 303 g/mol. The summed E-state index contributed by atoms with van der Waals surface area (Å²) < 4.78 is 10.2. The predicted molar refractivity (Wildman–Crippen MR) is 77.0 cm³/mol. The zero-order chi connectivity index (χ0) is 14.7. The number of hydrogen-bond acceptors (Lipinski definition) is 7. The molecule has 0 aliphatic rings. The van der Waals surface area contributed by atoms with Crippen LogP contribution in [-0.4, -0.2) is 32.4 Å². The van der Waals surface area contributed by atoms with Crippen molar-refractivity contribution in [3.05, 3.63) is 36.0 Å². The Hall–Kier alpha value is -2.35. The highest BCUT2D eigenvalue weighted by molar-refractivity contribution is 7.98. The fourth-order valence-electron chi connectivity index (χ4n) is 1.71. The van der Waals surface area contributed by atoms with Gasteiger partial charge in [-0.1, -0.05) is 16.9 Å². The van der Waals surface area contributed by atoms with E-state index in [2.05, 4.69) is 25.3 Å². The predicted octanol–water partition coefficient (Wildman–Crippen LogP) is 2.46. The molecule has 7 nitrogen and oxygen atoms in total. The Morgan fingerprint density at radius 2 is 2.05 bits per heavy atom. The van der Waals surface area contributed by atoms with Gasteiger partial charge in [0.15, 0.2) is 11.6 Å². The molecule has 1 aromatic carbocycles. The van der Waals surface area contributed by atoms with Gasteiger partial charge in [0, 0.05) is 5.56 Å². The Bertz CT molecular complexity index is 722. The summed E-state index contributed by atoms with van der Waals surface area (Å²) in [4.78, 5) is 8.56. The average Bonchev–Trinajstić information content (AvgIpc) is 3.14. The van der Waals surface area contributed by atoms with Crippen LogP contribution in [0.5, 0.6) is 5.75 Å². The maximum absolute atomic E-state index is 5.13. The lowest BCUT2D eigenvalue weighted by molar-refractivity contribution is 0.387. The van der Waals surface area contributed by atoms with Crippen LogP contribution in [0, 0.1) is 6.92 Å². The molecule has 0 radical (unpaired) electrons. The topological polar surface area (TPSA) is 89.7 Å². The van der Waals surface area contributed by atoms with Gasteiger partial charge in [-0.25, -0.2) is 4.98 Å². The minimum atomic E-state index is 0.542. The van der Waals surface area contributed by atoms with E-state index in [4.69, 9.17) is 9.26 Å². The number of benzene rings is 1. The lowest BCUT2D eigenvalue weighted by Crippen LogP contribution is -1.84. The number of ether oxygens (including phenoxy) is 1. The standard InChI is InChI=1S/C13H13N5O2S/c1-8-14-11(20-18-8)7-21-13-15-12(16-17-13)9-3-5-10(19-2)6-4-9/h3-6H,7H2,1-2H3,(H,15,16,17). The number of methoxy groups -OCH3 is 1. The van der Waals surface area contributed by atoms with E-state index in [9.17, 15) is 0 Å². The molecule has 0 spiro atoms. The molecule has 8 heteroatoms. The minimum absolute atomic E-state index is 0.542. The smallest absolute Gasteiger partial charge is 0.237 e. The minimum Gasteiger partial charge on any atom is -0.497 e. The fraction of sp³-hybridized carbons (Fsp3) is 0.231. The van der Waals surface area contributed by atoms with Gasteiger partial charge in [0.05, 0.1) is 12.9 Å². The first-order valence-corrected chi connectivity index (χ1v) is 7.22. The molecule has 3 aromatic rings. The van der Waals surface area contributed by atoms with E-state index in [1.165, 1.54) is 11.8 Å². The van der Waals surface area contributed by atoms with Gasteiger partial charge in [-0.2, -0.15) is 4.98 Å². The molecule has 0 atom stereocenters. The molecule has 0 saturated heterocycles. The van der Waals surface area contributed by atoms with Crippen molar-refractivity contribution >= 4 is 11.8 Å². The van der Waals surface area contributed by atoms with Gasteiger partial charge in [-0.15, -0.1) is 5.10 Å². The molecule has 0 aliphatic carbocycles. The Labute approximate surface area is 125 Å². The number of aromatic amines is 1. The highest BCUT2D eigenvalue weighted by Gasteiger charge is 2.09. The summed E-state index contributed by atoms with van der Waals surface area (Å²) in [5.74, 6) is 3.25. The van der Waals surface area contributed by atoms with Gasteiger partial charge >= 0.3 is 0 Å².